The Hall–Kier alpha value is -3.99. The van der Waals surface area contributed by atoms with Crippen LogP contribution in [0.2, 0.25) is 0 Å². The third-order valence-electron chi connectivity index (χ3n) is 4.93. The highest BCUT2D eigenvalue weighted by Gasteiger charge is 2.30. The molecule has 4 heterocycles. The van der Waals surface area contributed by atoms with Crippen molar-refractivity contribution in [1.82, 2.24) is 19.9 Å². The van der Waals surface area contributed by atoms with E-state index in [-0.39, 0.29) is 5.91 Å². The minimum absolute atomic E-state index is 0.0483. The number of nitriles is 1. The summed E-state index contributed by atoms with van der Waals surface area (Å²) in [4.78, 5) is 27.7. The van der Waals surface area contributed by atoms with Gasteiger partial charge in [0.2, 0.25) is 5.88 Å². The summed E-state index contributed by atoms with van der Waals surface area (Å²) >= 11 is 0. The molecule has 0 aliphatic carbocycles. The van der Waals surface area contributed by atoms with Crippen molar-refractivity contribution < 1.29 is 9.53 Å². The summed E-state index contributed by atoms with van der Waals surface area (Å²) in [5.41, 5.74) is 3.40. The number of fused-ring (bicyclic) bond motifs is 1. The van der Waals surface area contributed by atoms with Gasteiger partial charge in [0.15, 0.2) is 0 Å². The van der Waals surface area contributed by atoms with E-state index in [2.05, 4.69) is 26.3 Å². The lowest BCUT2D eigenvalue weighted by Crippen LogP contribution is -2.26. The highest BCUT2D eigenvalue weighted by atomic mass is 16.5. The number of rotatable bonds is 7. The molecule has 0 unspecified atom stereocenters. The number of nitrogens with one attached hydrogen (secondary N) is 1. The average Bonchev–Trinajstić information content (AvgIpc) is 3.11. The maximum absolute atomic E-state index is 12.9. The molecule has 0 spiro atoms. The zero-order chi connectivity index (χ0) is 20.9. The highest BCUT2D eigenvalue weighted by molar-refractivity contribution is 5.98. The summed E-state index contributed by atoms with van der Waals surface area (Å²) in [5.74, 6) is 0.883. The van der Waals surface area contributed by atoms with E-state index in [9.17, 15) is 10.1 Å². The first-order chi connectivity index (χ1) is 14.7. The quantitative estimate of drug-likeness (QED) is 0.650. The summed E-state index contributed by atoms with van der Waals surface area (Å²) in [6.45, 7) is 1.35. The smallest absolute Gasteiger partial charge is 0.256 e. The van der Waals surface area contributed by atoms with Gasteiger partial charge in [0.05, 0.1) is 30.5 Å². The lowest BCUT2D eigenvalue weighted by Gasteiger charge is -2.14. The van der Waals surface area contributed by atoms with Crippen LogP contribution in [0, 0.1) is 11.3 Å². The second kappa shape index (κ2) is 8.57. The van der Waals surface area contributed by atoms with Crippen molar-refractivity contribution in [3.63, 3.8) is 0 Å². The number of methoxy groups -OCH3 is 1. The molecular weight excluding hydrogens is 380 g/mol. The highest BCUT2D eigenvalue weighted by Crippen LogP contribution is 2.28. The van der Waals surface area contributed by atoms with Gasteiger partial charge in [-0.25, -0.2) is 9.97 Å². The fourth-order valence-electron chi connectivity index (χ4n) is 3.40. The third-order valence-corrected chi connectivity index (χ3v) is 4.93. The summed E-state index contributed by atoms with van der Waals surface area (Å²) in [6, 6.07) is 13.1. The van der Waals surface area contributed by atoms with E-state index in [1.807, 2.05) is 24.3 Å². The number of hydrogen-bond acceptors (Lipinski definition) is 7. The molecule has 0 saturated heterocycles. The molecule has 1 amide bonds. The molecule has 0 bridgehead atoms. The van der Waals surface area contributed by atoms with E-state index < -0.39 is 0 Å². The molecule has 8 heteroatoms. The minimum Gasteiger partial charge on any atom is -0.481 e. The maximum atomic E-state index is 12.9. The molecule has 30 heavy (non-hydrogen) atoms. The van der Waals surface area contributed by atoms with Crippen LogP contribution in [-0.4, -0.2) is 39.4 Å². The lowest BCUT2D eigenvalue weighted by molar-refractivity contribution is 0.0779. The van der Waals surface area contributed by atoms with Gasteiger partial charge in [-0.15, -0.1) is 0 Å². The van der Waals surface area contributed by atoms with Crippen molar-refractivity contribution in [2.24, 2.45) is 0 Å². The van der Waals surface area contributed by atoms with Crippen molar-refractivity contribution in [3.05, 3.63) is 76.9 Å². The number of aromatic nitrogens is 3. The number of ether oxygens (including phenoxy) is 1. The van der Waals surface area contributed by atoms with E-state index in [4.69, 9.17) is 4.74 Å². The zero-order valence-electron chi connectivity index (χ0n) is 16.5. The summed E-state index contributed by atoms with van der Waals surface area (Å²) < 4.78 is 5.44. The second-order valence-electron chi connectivity index (χ2n) is 6.81. The monoisotopic (exact) mass is 400 g/mol. The first kappa shape index (κ1) is 19.3. The fraction of sp³-hybridized carbons (Fsp3) is 0.227. The molecule has 0 atom stereocenters. The van der Waals surface area contributed by atoms with Crippen molar-refractivity contribution >= 4 is 11.7 Å². The van der Waals surface area contributed by atoms with Gasteiger partial charge < -0.3 is 15.0 Å². The van der Waals surface area contributed by atoms with Crippen LogP contribution < -0.4 is 10.1 Å². The standard InChI is InChI=1S/C22H20N6O2/c1-30-21-16(13-26-20-15(12-23)5-4-9-25-20)11-18-19(27-21)14-28(22(18)29)10-7-17-6-2-3-8-24-17/h2-6,8-9,11H,7,10,13-14H2,1H3,(H,25,26). The molecule has 1 N–H and O–H groups in total. The largest absolute Gasteiger partial charge is 0.481 e. The van der Waals surface area contributed by atoms with Crippen LogP contribution >= 0.6 is 0 Å². The van der Waals surface area contributed by atoms with Crippen molar-refractivity contribution in [3.8, 4) is 11.9 Å². The second-order valence-corrected chi connectivity index (χ2v) is 6.81. The molecule has 1 aliphatic rings. The molecule has 0 fully saturated rings. The molecule has 4 rings (SSSR count). The first-order valence-corrected chi connectivity index (χ1v) is 9.54. The topological polar surface area (TPSA) is 104 Å². The normalized spacial score (nSPS) is 12.4. The molecule has 3 aromatic rings. The molecule has 3 aromatic heterocycles. The fourth-order valence-corrected chi connectivity index (χ4v) is 3.40. The summed E-state index contributed by atoms with van der Waals surface area (Å²) in [6.07, 6.45) is 4.05. The Morgan fingerprint density at radius 1 is 1.23 bits per heavy atom. The average molecular weight is 400 g/mol. The predicted molar refractivity (Wildman–Crippen MR) is 110 cm³/mol. The Balaban J connectivity index is 1.50. The Morgan fingerprint density at radius 3 is 2.87 bits per heavy atom. The Bertz CT molecular complexity index is 1110. The van der Waals surface area contributed by atoms with Gasteiger partial charge >= 0.3 is 0 Å². The van der Waals surface area contributed by atoms with Crippen LogP contribution in [0.25, 0.3) is 0 Å². The van der Waals surface area contributed by atoms with Crippen LogP contribution in [0.5, 0.6) is 5.88 Å². The number of anilines is 1. The van der Waals surface area contributed by atoms with Crippen molar-refractivity contribution in [2.75, 3.05) is 19.0 Å². The van der Waals surface area contributed by atoms with E-state index in [1.165, 1.54) is 0 Å². The molecule has 0 radical (unpaired) electrons. The van der Waals surface area contributed by atoms with Gasteiger partial charge in [-0.3, -0.25) is 9.78 Å². The Labute approximate surface area is 174 Å². The van der Waals surface area contributed by atoms with Crippen molar-refractivity contribution in [2.45, 2.75) is 19.5 Å². The van der Waals surface area contributed by atoms with Crippen LogP contribution in [0.4, 0.5) is 5.82 Å². The molecule has 150 valence electrons. The van der Waals surface area contributed by atoms with Crippen LogP contribution in [0.3, 0.4) is 0 Å². The first-order valence-electron chi connectivity index (χ1n) is 9.54. The maximum Gasteiger partial charge on any atom is 0.256 e. The predicted octanol–water partition coefficient (Wildman–Crippen LogP) is 2.56. The van der Waals surface area contributed by atoms with Gasteiger partial charge in [-0.2, -0.15) is 5.26 Å². The molecular formula is C22H20N6O2. The van der Waals surface area contributed by atoms with E-state index in [0.29, 0.717) is 54.6 Å². The summed E-state index contributed by atoms with van der Waals surface area (Å²) in [7, 11) is 1.55. The molecule has 8 nitrogen and oxygen atoms in total. The van der Waals surface area contributed by atoms with Gasteiger partial charge in [-0.1, -0.05) is 6.07 Å². The number of carbonyl (C=O) groups excluding carboxylic acids is 1. The van der Waals surface area contributed by atoms with Gasteiger partial charge in [0.1, 0.15) is 11.9 Å². The SMILES string of the molecule is COc1nc2c(cc1CNc1ncccc1C#N)C(=O)N(CCc1ccccn1)C2. The third kappa shape index (κ3) is 3.91. The molecule has 0 saturated carbocycles. The molecule has 1 aliphatic heterocycles. The van der Waals surface area contributed by atoms with Gasteiger partial charge in [-0.05, 0) is 30.3 Å². The lowest BCUT2D eigenvalue weighted by atomic mass is 10.1. The van der Waals surface area contributed by atoms with E-state index >= 15 is 0 Å². The van der Waals surface area contributed by atoms with E-state index in [1.54, 1.807) is 36.5 Å². The number of pyridine rings is 3. The van der Waals surface area contributed by atoms with E-state index in [0.717, 1.165) is 11.3 Å². The van der Waals surface area contributed by atoms with Gasteiger partial charge in [0.25, 0.3) is 5.91 Å². The Morgan fingerprint density at radius 2 is 2.10 bits per heavy atom. The zero-order valence-corrected chi connectivity index (χ0v) is 16.5. The van der Waals surface area contributed by atoms with Gasteiger partial charge in [0, 0.05) is 43.2 Å². The van der Waals surface area contributed by atoms with Crippen LogP contribution in [0.1, 0.15) is 32.9 Å². The number of amides is 1. The number of carbonyl (C=O) groups is 1. The minimum atomic E-state index is -0.0483. The van der Waals surface area contributed by atoms with Crippen molar-refractivity contribution in [1.29, 1.82) is 5.26 Å². The molecule has 0 aromatic carbocycles. The number of hydrogen-bond donors (Lipinski definition) is 1. The number of nitrogens with zero attached hydrogens (tertiary/aromatic N) is 5. The Kier molecular flexibility index (Phi) is 5.52. The van der Waals surface area contributed by atoms with Crippen LogP contribution in [0.15, 0.2) is 48.8 Å². The van der Waals surface area contributed by atoms with Crippen LogP contribution in [-0.2, 0) is 19.5 Å². The summed E-state index contributed by atoms with van der Waals surface area (Å²) in [5, 5.41) is 12.4.